The molecule has 3 rings (SSSR count). The molecule has 2 aliphatic rings. The van der Waals surface area contributed by atoms with E-state index >= 15 is 0 Å². The van der Waals surface area contributed by atoms with Gasteiger partial charge in [-0.15, -0.1) is 11.3 Å². The van der Waals surface area contributed by atoms with Crippen molar-refractivity contribution in [3.8, 4) is 0 Å². The van der Waals surface area contributed by atoms with Gasteiger partial charge in [-0.05, 0) is 24.3 Å². The zero-order chi connectivity index (χ0) is 16.9. The Bertz CT molecular complexity index is 549. The number of hydrogen-bond acceptors (Lipinski definition) is 5. The first-order valence-corrected chi connectivity index (χ1v) is 9.33. The highest BCUT2D eigenvalue weighted by Gasteiger charge is 2.32. The molecule has 2 fully saturated rings. The van der Waals surface area contributed by atoms with Crippen LogP contribution in [-0.4, -0.2) is 49.3 Å². The molecule has 3 heterocycles. The highest BCUT2D eigenvalue weighted by atomic mass is 32.1. The number of carbonyl (C=O) groups excluding carboxylic acids is 2. The lowest BCUT2D eigenvalue weighted by Gasteiger charge is -2.34. The SMILES string of the molecule is CC(=O)NC(CC(=O)N1CCC(C2OCCO2)CC1)c1cccs1. The molecule has 0 bridgehead atoms. The van der Waals surface area contributed by atoms with E-state index in [0.717, 1.165) is 30.8 Å². The van der Waals surface area contributed by atoms with Crippen LogP contribution in [0.2, 0.25) is 0 Å². The normalized spacial score (nSPS) is 21.0. The van der Waals surface area contributed by atoms with E-state index in [2.05, 4.69) is 5.32 Å². The molecule has 0 aromatic carbocycles. The van der Waals surface area contributed by atoms with Crippen molar-refractivity contribution >= 4 is 23.2 Å². The molecule has 2 aliphatic heterocycles. The first-order chi connectivity index (χ1) is 11.6. The maximum Gasteiger partial charge on any atom is 0.225 e. The van der Waals surface area contributed by atoms with Crippen molar-refractivity contribution in [1.82, 2.24) is 10.2 Å². The minimum Gasteiger partial charge on any atom is -0.350 e. The van der Waals surface area contributed by atoms with E-state index in [0.29, 0.717) is 25.6 Å². The zero-order valence-electron chi connectivity index (χ0n) is 13.9. The molecule has 0 radical (unpaired) electrons. The number of nitrogens with zero attached hydrogens (tertiary/aromatic N) is 1. The van der Waals surface area contributed by atoms with E-state index in [1.54, 1.807) is 11.3 Å². The summed E-state index contributed by atoms with van der Waals surface area (Å²) in [7, 11) is 0. The minimum absolute atomic E-state index is 0.0915. The van der Waals surface area contributed by atoms with Gasteiger partial charge in [0.25, 0.3) is 0 Å². The maximum atomic E-state index is 12.6. The van der Waals surface area contributed by atoms with Crippen LogP contribution < -0.4 is 5.32 Å². The number of ether oxygens (including phenoxy) is 2. The number of likely N-dealkylation sites (tertiary alicyclic amines) is 1. The van der Waals surface area contributed by atoms with E-state index in [1.165, 1.54) is 6.92 Å². The Balaban J connectivity index is 1.53. The smallest absolute Gasteiger partial charge is 0.225 e. The van der Waals surface area contributed by atoms with E-state index < -0.39 is 0 Å². The van der Waals surface area contributed by atoms with Gasteiger partial charge in [-0.25, -0.2) is 0 Å². The zero-order valence-corrected chi connectivity index (χ0v) is 14.7. The Morgan fingerprint density at radius 1 is 1.33 bits per heavy atom. The quantitative estimate of drug-likeness (QED) is 0.879. The number of hydrogen-bond donors (Lipinski definition) is 1. The number of piperidine rings is 1. The van der Waals surface area contributed by atoms with Crippen LogP contribution in [0.25, 0.3) is 0 Å². The lowest BCUT2D eigenvalue weighted by atomic mass is 9.95. The third-order valence-electron chi connectivity index (χ3n) is 4.57. The summed E-state index contributed by atoms with van der Waals surface area (Å²) in [6.45, 7) is 4.28. The predicted octanol–water partition coefficient (Wildman–Crippen LogP) is 1.93. The molecule has 132 valence electrons. The average molecular weight is 352 g/mol. The molecule has 0 saturated carbocycles. The summed E-state index contributed by atoms with van der Waals surface area (Å²) in [5.41, 5.74) is 0. The van der Waals surface area contributed by atoms with Crippen molar-refractivity contribution in [1.29, 1.82) is 0 Å². The number of rotatable bonds is 5. The lowest BCUT2D eigenvalue weighted by molar-refractivity contribution is -0.137. The second-order valence-corrected chi connectivity index (χ2v) is 7.28. The van der Waals surface area contributed by atoms with E-state index in [-0.39, 0.29) is 24.1 Å². The summed E-state index contributed by atoms with van der Waals surface area (Å²) in [6, 6.07) is 3.65. The number of nitrogens with one attached hydrogen (secondary N) is 1. The molecular formula is C17H24N2O4S. The van der Waals surface area contributed by atoms with Gasteiger partial charge in [0, 0.05) is 30.8 Å². The molecule has 1 atom stereocenters. The third kappa shape index (κ3) is 4.34. The van der Waals surface area contributed by atoms with Crippen LogP contribution in [0, 0.1) is 5.92 Å². The third-order valence-corrected chi connectivity index (χ3v) is 5.55. The maximum absolute atomic E-state index is 12.6. The van der Waals surface area contributed by atoms with Gasteiger partial charge in [0.1, 0.15) is 0 Å². The summed E-state index contributed by atoms with van der Waals surface area (Å²) in [6.07, 6.45) is 2.02. The van der Waals surface area contributed by atoms with Gasteiger partial charge in [-0.3, -0.25) is 9.59 Å². The molecule has 1 unspecified atom stereocenters. The Morgan fingerprint density at radius 2 is 2.04 bits per heavy atom. The number of amides is 2. The summed E-state index contributed by atoms with van der Waals surface area (Å²) >= 11 is 1.56. The molecule has 1 N–H and O–H groups in total. The van der Waals surface area contributed by atoms with Crippen molar-refractivity contribution in [2.24, 2.45) is 5.92 Å². The first kappa shape index (κ1) is 17.4. The fourth-order valence-electron chi connectivity index (χ4n) is 3.33. The summed E-state index contributed by atoms with van der Waals surface area (Å²) < 4.78 is 11.1. The predicted molar refractivity (Wildman–Crippen MR) is 90.5 cm³/mol. The van der Waals surface area contributed by atoms with Crippen molar-refractivity contribution in [3.63, 3.8) is 0 Å². The molecule has 2 saturated heterocycles. The van der Waals surface area contributed by atoms with Gasteiger partial charge < -0.3 is 19.7 Å². The van der Waals surface area contributed by atoms with Gasteiger partial charge in [-0.2, -0.15) is 0 Å². The van der Waals surface area contributed by atoms with Gasteiger partial charge in [0.2, 0.25) is 11.8 Å². The van der Waals surface area contributed by atoms with Crippen LogP contribution in [0.1, 0.15) is 37.1 Å². The Kier molecular flexibility index (Phi) is 5.86. The summed E-state index contributed by atoms with van der Waals surface area (Å²) in [5, 5.41) is 4.85. The fourth-order valence-corrected chi connectivity index (χ4v) is 4.11. The number of thiophene rings is 1. The minimum atomic E-state index is -0.241. The van der Waals surface area contributed by atoms with Crippen LogP contribution in [0.3, 0.4) is 0 Å². The van der Waals surface area contributed by atoms with Gasteiger partial charge in [0.05, 0.1) is 25.7 Å². The number of carbonyl (C=O) groups is 2. The first-order valence-electron chi connectivity index (χ1n) is 8.45. The van der Waals surface area contributed by atoms with Gasteiger partial charge in [0.15, 0.2) is 6.29 Å². The van der Waals surface area contributed by atoms with Crippen LogP contribution in [0.4, 0.5) is 0 Å². The second-order valence-electron chi connectivity index (χ2n) is 6.30. The molecule has 1 aromatic rings. The largest absolute Gasteiger partial charge is 0.350 e. The molecule has 0 spiro atoms. The van der Waals surface area contributed by atoms with Crippen molar-refractivity contribution in [2.75, 3.05) is 26.3 Å². The molecule has 6 nitrogen and oxygen atoms in total. The van der Waals surface area contributed by atoms with Crippen LogP contribution in [0.5, 0.6) is 0 Å². The standard InChI is InChI=1S/C17H24N2O4S/c1-12(20)18-14(15-3-2-10-24-15)11-16(21)19-6-4-13(5-7-19)17-22-8-9-23-17/h2-3,10,13-14,17H,4-9,11H2,1H3,(H,18,20). The highest BCUT2D eigenvalue weighted by Crippen LogP contribution is 2.28. The van der Waals surface area contributed by atoms with Crippen LogP contribution in [-0.2, 0) is 19.1 Å². The Morgan fingerprint density at radius 3 is 2.62 bits per heavy atom. The molecule has 0 aliphatic carbocycles. The molecule has 2 amide bonds. The molecule has 24 heavy (non-hydrogen) atoms. The fraction of sp³-hybridized carbons (Fsp3) is 0.647. The molecule has 1 aromatic heterocycles. The van der Waals surface area contributed by atoms with Gasteiger partial charge in [-0.1, -0.05) is 6.07 Å². The van der Waals surface area contributed by atoms with Crippen molar-refractivity contribution in [3.05, 3.63) is 22.4 Å². The molecular weight excluding hydrogens is 328 g/mol. The average Bonchev–Trinajstić information content (AvgIpc) is 3.27. The topological polar surface area (TPSA) is 67.9 Å². The van der Waals surface area contributed by atoms with E-state index in [1.807, 2.05) is 22.4 Å². The van der Waals surface area contributed by atoms with Crippen LogP contribution >= 0.6 is 11.3 Å². The lowest BCUT2D eigenvalue weighted by Crippen LogP contribution is -2.42. The van der Waals surface area contributed by atoms with E-state index in [9.17, 15) is 9.59 Å². The second kappa shape index (κ2) is 8.09. The Hall–Kier alpha value is -1.44. The van der Waals surface area contributed by atoms with Crippen molar-refractivity contribution in [2.45, 2.75) is 38.5 Å². The summed E-state index contributed by atoms with van der Waals surface area (Å²) in [5.74, 6) is 0.351. The highest BCUT2D eigenvalue weighted by molar-refractivity contribution is 7.10. The Labute approximate surface area is 146 Å². The van der Waals surface area contributed by atoms with E-state index in [4.69, 9.17) is 9.47 Å². The van der Waals surface area contributed by atoms with Crippen LogP contribution in [0.15, 0.2) is 17.5 Å². The monoisotopic (exact) mass is 352 g/mol. The van der Waals surface area contributed by atoms with Crippen molar-refractivity contribution < 1.29 is 19.1 Å². The van der Waals surface area contributed by atoms with Gasteiger partial charge >= 0.3 is 0 Å². The summed E-state index contributed by atoms with van der Waals surface area (Å²) in [4.78, 5) is 27.0. The molecule has 7 heteroatoms.